The van der Waals surface area contributed by atoms with Gasteiger partial charge in [0.1, 0.15) is 11.6 Å². The van der Waals surface area contributed by atoms with Gasteiger partial charge in [0.25, 0.3) is 0 Å². The summed E-state index contributed by atoms with van der Waals surface area (Å²) in [6, 6.07) is 8.36. The van der Waals surface area contributed by atoms with Crippen LogP contribution in [0.4, 0.5) is 15.9 Å². The molecule has 1 aliphatic carbocycles. The van der Waals surface area contributed by atoms with E-state index in [1.807, 2.05) is 12.1 Å². The van der Waals surface area contributed by atoms with Gasteiger partial charge in [0.15, 0.2) is 0 Å². The van der Waals surface area contributed by atoms with Gasteiger partial charge < -0.3 is 25.4 Å². The zero-order valence-electron chi connectivity index (χ0n) is 20.8. The van der Waals surface area contributed by atoms with Gasteiger partial charge in [-0.3, -0.25) is 0 Å². The fourth-order valence-electron chi connectivity index (χ4n) is 5.09. The first kappa shape index (κ1) is 26.1. The minimum Gasteiger partial charge on any atom is -0.383 e. The summed E-state index contributed by atoms with van der Waals surface area (Å²) in [4.78, 5) is 4.51. The van der Waals surface area contributed by atoms with Crippen molar-refractivity contribution >= 4 is 23.1 Å². The van der Waals surface area contributed by atoms with Crippen LogP contribution in [0.2, 0.25) is 5.02 Å². The molecule has 192 valence electrons. The second kappa shape index (κ2) is 12.9. The van der Waals surface area contributed by atoms with Crippen LogP contribution < -0.4 is 16.0 Å². The lowest BCUT2D eigenvalue weighted by Crippen LogP contribution is -2.42. The molecule has 1 saturated heterocycles. The summed E-state index contributed by atoms with van der Waals surface area (Å²) in [5, 5.41) is 11.1. The molecule has 4 rings (SSSR count). The van der Waals surface area contributed by atoms with Gasteiger partial charge in [-0.1, -0.05) is 17.7 Å². The highest BCUT2D eigenvalue weighted by atomic mass is 35.5. The quantitative estimate of drug-likeness (QED) is 0.384. The molecule has 0 amide bonds. The SMILES string of the molecule is COC[C@H](C)NC1CCC(Nc2cc(-c3ccc(F)c(NCC4CCOCC4)c3)c(Cl)cn2)CC1. The Morgan fingerprint density at radius 3 is 2.60 bits per heavy atom. The lowest BCUT2D eigenvalue weighted by Gasteiger charge is -2.32. The van der Waals surface area contributed by atoms with Crippen molar-refractivity contribution in [2.45, 2.75) is 63.6 Å². The minimum atomic E-state index is -0.255. The highest BCUT2D eigenvalue weighted by Gasteiger charge is 2.23. The number of pyridine rings is 1. The first-order valence-electron chi connectivity index (χ1n) is 12.8. The molecule has 1 aromatic heterocycles. The number of anilines is 2. The second-order valence-electron chi connectivity index (χ2n) is 9.90. The van der Waals surface area contributed by atoms with Gasteiger partial charge in [-0.2, -0.15) is 0 Å². The monoisotopic (exact) mass is 504 g/mol. The predicted octanol–water partition coefficient (Wildman–Crippen LogP) is 5.73. The van der Waals surface area contributed by atoms with Crippen molar-refractivity contribution in [3.8, 4) is 11.1 Å². The van der Waals surface area contributed by atoms with Gasteiger partial charge >= 0.3 is 0 Å². The van der Waals surface area contributed by atoms with Crippen molar-refractivity contribution in [1.29, 1.82) is 0 Å². The van der Waals surface area contributed by atoms with Gasteiger partial charge in [0.2, 0.25) is 0 Å². The molecule has 2 aromatic rings. The third-order valence-electron chi connectivity index (χ3n) is 7.07. The molecule has 0 spiro atoms. The molecule has 8 heteroatoms. The number of halogens is 2. The molecule has 2 heterocycles. The van der Waals surface area contributed by atoms with Gasteiger partial charge in [0, 0.05) is 56.8 Å². The highest BCUT2D eigenvalue weighted by Crippen LogP contribution is 2.33. The number of hydrogen-bond acceptors (Lipinski definition) is 6. The molecule has 2 fully saturated rings. The molecular formula is C27H38ClFN4O2. The van der Waals surface area contributed by atoms with Gasteiger partial charge in [0.05, 0.1) is 17.3 Å². The van der Waals surface area contributed by atoms with Gasteiger partial charge in [-0.05, 0) is 75.1 Å². The molecule has 3 N–H and O–H groups in total. The van der Waals surface area contributed by atoms with Crippen molar-refractivity contribution < 1.29 is 13.9 Å². The molecule has 0 bridgehead atoms. The smallest absolute Gasteiger partial charge is 0.146 e. The first-order valence-corrected chi connectivity index (χ1v) is 13.2. The third-order valence-corrected chi connectivity index (χ3v) is 7.37. The molecule has 1 saturated carbocycles. The summed E-state index contributed by atoms with van der Waals surface area (Å²) in [5.74, 6) is 1.05. The first-order chi connectivity index (χ1) is 17.0. The molecule has 1 aromatic carbocycles. The zero-order chi connectivity index (χ0) is 24.6. The minimum absolute atomic E-state index is 0.255. The Labute approximate surface area is 213 Å². The molecular weight excluding hydrogens is 467 g/mol. The number of nitrogens with zero attached hydrogens (tertiary/aromatic N) is 1. The number of rotatable bonds is 10. The molecule has 2 aliphatic rings. The maximum Gasteiger partial charge on any atom is 0.146 e. The van der Waals surface area contributed by atoms with Crippen molar-refractivity contribution in [3.05, 3.63) is 41.3 Å². The summed E-state index contributed by atoms with van der Waals surface area (Å²) in [5.41, 5.74) is 2.23. The number of nitrogens with one attached hydrogen (secondary N) is 3. The number of methoxy groups -OCH3 is 1. The number of hydrogen-bond donors (Lipinski definition) is 3. The summed E-state index contributed by atoms with van der Waals surface area (Å²) < 4.78 is 25.2. The van der Waals surface area contributed by atoms with E-state index in [0.29, 0.717) is 34.8 Å². The van der Waals surface area contributed by atoms with Crippen molar-refractivity contribution in [1.82, 2.24) is 10.3 Å². The van der Waals surface area contributed by atoms with E-state index >= 15 is 0 Å². The third kappa shape index (κ3) is 7.53. The molecule has 0 radical (unpaired) electrons. The van der Waals surface area contributed by atoms with E-state index in [9.17, 15) is 4.39 Å². The highest BCUT2D eigenvalue weighted by molar-refractivity contribution is 6.33. The Bertz CT molecular complexity index is 949. The Kier molecular flexibility index (Phi) is 9.60. The zero-order valence-corrected chi connectivity index (χ0v) is 21.5. The molecule has 1 atom stereocenters. The standard InChI is InChI=1S/C27H38ClFN4O2/c1-18(17-34-2)32-21-4-6-22(7-5-21)33-27-14-23(24(28)16-31-27)20-3-8-25(29)26(13-20)30-15-19-9-11-35-12-10-19/h3,8,13-14,16,18-19,21-22,30,32H,4-7,9-12,15,17H2,1-2H3,(H,31,33)/t18-,21?,22?/m0/s1. The number of aromatic nitrogens is 1. The maximum absolute atomic E-state index is 14.5. The van der Waals surface area contributed by atoms with E-state index in [4.69, 9.17) is 21.1 Å². The molecule has 6 nitrogen and oxygen atoms in total. The lowest BCUT2D eigenvalue weighted by atomic mass is 9.90. The normalized spacial score (nSPS) is 22.1. The summed E-state index contributed by atoms with van der Waals surface area (Å²) in [7, 11) is 1.74. The van der Waals surface area contributed by atoms with Crippen LogP contribution in [-0.2, 0) is 9.47 Å². The number of ether oxygens (including phenoxy) is 2. The van der Waals surface area contributed by atoms with E-state index < -0.39 is 0 Å². The fourth-order valence-corrected chi connectivity index (χ4v) is 5.30. The Morgan fingerprint density at radius 1 is 1.11 bits per heavy atom. The van der Waals surface area contributed by atoms with Crippen LogP contribution in [0.15, 0.2) is 30.5 Å². The Balaban J connectivity index is 1.37. The largest absolute Gasteiger partial charge is 0.383 e. The van der Waals surface area contributed by atoms with Crippen LogP contribution in [0.25, 0.3) is 11.1 Å². The Hall–Kier alpha value is -1.93. The van der Waals surface area contributed by atoms with Crippen LogP contribution in [-0.4, -0.2) is 56.6 Å². The predicted molar refractivity (Wildman–Crippen MR) is 141 cm³/mol. The van der Waals surface area contributed by atoms with Crippen molar-refractivity contribution in [2.75, 3.05) is 44.1 Å². The maximum atomic E-state index is 14.5. The van der Waals surface area contributed by atoms with Crippen LogP contribution in [0.3, 0.4) is 0 Å². The van der Waals surface area contributed by atoms with Crippen LogP contribution in [0, 0.1) is 11.7 Å². The summed E-state index contributed by atoms with van der Waals surface area (Å²) in [6.07, 6.45) is 8.07. The van der Waals surface area contributed by atoms with E-state index in [2.05, 4.69) is 27.9 Å². The van der Waals surface area contributed by atoms with Gasteiger partial charge in [-0.25, -0.2) is 9.37 Å². The molecule has 0 unspecified atom stereocenters. The molecule has 35 heavy (non-hydrogen) atoms. The van der Waals surface area contributed by atoms with E-state index in [-0.39, 0.29) is 5.82 Å². The lowest BCUT2D eigenvalue weighted by molar-refractivity contribution is 0.0699. The second-order valence-corrected chi connectivity index (χ2v) is 10.3. The Morgan fingerprint density at radius 2 is 1.86 bits per heavy atom. The van der Waals surface area contributed by atoms with Crippen molar-refractivity contribution in [2.24, 2.45) is 5.92 Å². The van der Waals surface area contributed by atoms with Crippen LogP contribution >= 0.6 is 11.6 Å². The van der Waals surface area contributed by atoms with Crippen molar-refractivity contribution in [3.63, 3.8) is 0 Å². The number of benzene rings is 1. The fraction of sp³-hybridized carbons (Fsp3) is 0.593. The van der Waals surface area contributed by atoms with Crippen LogP contribution in [0.5, 0.6) is 0 Å². The van der Waals surface area contributed by atoms with E-state index in [1.165, 1.54) is 6.07 Å². The van der Waals surface area contributed by atoms with E-state index in [0.717, 1.165) is 81.8 Å². The van der Waals surface area contributed by atoms with Gasteiger partial charge in [-0.15, -0.1) is 0 Å². The molecule has 1 aliphatic heterocycles. The van der Waals surface area contributed by atoms with E-state index in [1.54, 1.807) is 19.4 Å². The topological polar surface area (TPSA) is 67.4 Å². The average Bonchev–Trinajstić information content (AvgIpc) is 2.87. The van der Waals surface area contributed by atoms with Crippen LogP contribution in [0.1, 0.15) is 45.4 Å². The summed E-state index contributed by atoms with van der Waals surface area (Å²) >= 11 is 6.52. The average molecular weight is 505 g/mol. The summed E-state index contributed by atoms with van der Waals surface area (Å²) in [6.45, 7) is 5.19.